The molecule has 0 radical (unpaired) electrons. The van der Waals surface area contributed by atoms with E-state index in [1.165, 1.54) is 6.33 Å². The van der Waals surface area contributed by atoms with E-state index in [0.29, 0.717) is 12.2 Å². The van der Waals surface area contributed by atoms with Gasteiger partial charge < -0.3 is 25.2 Å². The van der Waals surface area contributed by atoms with Crippen LogP contribution in [0.5, 0.6) is 5.88 Å². The minimum absolute atomic E-state index is 0.0580. The van der Waals surface area contributed by atoms with Crippen LogP contribution in [0.25, 0.3) is 11.2 Å². The zero-order chi connectivity index (χ0) is 15.3. The monoisotopic (exact) mass is 311 g/mol. The van der Waals surface area contributed by atoms with Crippen molar-refractivity contribution in [3.63, 3.8) is 0 Å². The normalized spacial score (nSPS) is 17.6. The number of nitrogens with zero attached hydrogens (tertiary/aromatic N) is 4. The van der Waals surface area contributed by atoms with Crippen LogP contribution in [0.15, 0.2) is 18.2 Å². The highest BCUT2D eigenvalue weighted by molar-refractivity contribution is 7.55. The quantitative estimate of drug-likeness (QED) is 0.599. The maximum atomic E-state index is 10.9. The van der Waals surface area contributed by atoms with Crippen LogP contribution in [0, 0.1) is 5.41 Å². The standard InChI is InChI=1S/C11H14N5O4P/c12-10-14-8-7(9(17)15-10)13-6-16(8)5-11(1-2-11)3-4-21(18,19)20/h3-4,6H,1-2,5H2,(H2,18,19,20)(H3,12,14,15,17). The van der Waals surface area contributed by atoms with Crippen molar-refractivity contribution < 1.29 is 19.5 Å². The summed E-state index contributed by atoms with van der Waals surface area (Å²) in [6, 6.07) is 0. The fourth-order valence-corrected chi connectivity index (χ4v) is 2.70. The molecule has 5 N–H and O–H groups in total. The average molecular weight is 311 g/mol. The summed E-state index contributed by atoms with van der Waals surface area (Å²) in [5.74, 6) is 0.587. The number of rotatable bonds is 4. The number of fused-ring (bicyclic) bond motifs is 1. The predicted octanol–water partition coefficient (Wildman–Crippen LogP) is 0.586. The number of aromatic nitrogens is 4. The zero-order valence-electron chi connectivity index (χ0n) is 10.9. The average Bonchev–Trinajstić information content (AvgIpc) is 3.02. The molecule has 1 aliphatic rings. The Labute approximate surface area is 119 Å². The van der Waals surface area contributed by atoms with Crippen LogP contribution in [0.4, 0.5) is 5.95 Å². The van der Waals surface area contributed by atoms with Gasteiger partial charge in [-0.25, -0.2) is 4.98 Å². The van der Waals surface area contributed by atoms with Crippen LogP contribution in [0.2, 0.25) is 0 Å². The van der Waals surface area contributed by atoms with E-state index in [1.54, 1.807) is 10.6 Å². The lowest BCUT2D eigenvalue weighted by atomic mass is 10.1. The van der Waals surface area contributed by atoms with E-state index < -0.39 is 7.60 Å². The van der Waals surface area contributed by atoms with E-state index >= 15 is 0 Å². The third-order valence-electron chi connectivity index (χ3n) is 3.46. The summed E-state index contributed by atoms with van der Waals surface area (Å²) in [6.07, 6.45) is 4.68. The van der Waals surface area contributed by atoms with Crippen molar-refractivity contribution in [1.29, 1.82) is 0 Å². The Hall–Kier alpha value is -1.96. The second kappa shape index (κ2) is 4.52. The van der Waals surface area contributed by atoms with Gasteiger partial charge in [-0.1, -0.05) is 6.08 Å². The predicted molar refractivity (Wildman–Crippen MR) is 74.3 cm³/mol. The molecular formula is C11H14N5O4P. The molecule has 9 nitrogen and oxygen atoms in total. The first-order chi connectivity index (χ1) is 9.78. The van der Waals surface area contributed by atoms with Crippen LogP contribution < -0.4 is 5.73 Å². The highest BCUT2D eigenvalue weighted by Crippen LogP contribution is 2.51. The summed E-state index contributed by atoms with van der Waals surface area (Å²) in [6.45, 7) is 0.454. The highest BCUT2D eigenvalue weighted by Gasteiger charge is 2.41. The Balaban J connectivity index is 1.92. The van der Waals surface area contributed by atoms with Crippen LogP contribution >= 0.6 is 7.60 Å². The number of hydrogen-bond donors (Lipinski definition) is 4. The summed E-state index contributed by atoms with van der Waals surface area (Å²) in [7, 11) is -4.17. The van der Waals surface area contributed by atoms with E-state index in [1.807, 2.05) is 0 Å². The van der Waals surface area contributed by atoms with Crippen molar-refractivity contribution in [2.45, 2.75) is 19.4 Å². The lowest BCUT2D eigenvalue weighted by molar-refractivity contribution is 0.385. The van der Waals surface area contributed by atoms with Crippen molar-refractivity contribution in [2.75, 3.05) is 5.73 Å². The van der Waals surface area contributed by atoms with Crippen LogP contribution in [0.3, 0.4) is 0 Å². The Bertz CT molecular complexity index is 776. The maximum absolute atomic E-state index is 10.9. The smallest absolute Gasteiger partial charge is 0.348 e. The van der Waals surface area contributed by atoms with Gasteiger partial charge in [-0.05, 0) is 12.8 Å². The topological polar surface area (TPSA) is 147 Å². The number of aromatic hydroxyl groups is 1. The summed E-state index contributed by atoms with van der Waals surface area (Å²) < 4.78 is 12.6. The van der Waals surface area contributed by atoms with E-state index in [2.05, 4.69) is 15.0 Å². The zero-order valence-corrected chi connectivity index (χ0v) is 11.8. The molecule has 0 amide bonds. The van der Waals surface area contributed by atoms with Gasteiger partial charge in [0.05, 0.1) is 6.33 Å². The summed E-state index contributed by atoms with van der Waals surface area (Å²) >= 11 is 0. The first-order valence-corrected chi connectivity index (χ1v) is 7.89. The minimum Gasteiger partial charge on any atom is -0.492 e. The molecule has 2 aromatic heterocycles. The Morgan fingerprint density at radius 2 is 2.14 bits per heavy atom. The molecule has 2 aromatic rings. The van der Waals surface area contributed by atoms with Gasteiger partial charge >= 0.3 is 7.60 Å². The number of nitrogen functional groups attached to an aromatic ring is 1. The van der Waals surface area contributed by atoms with Crippen molar-refractivity contribution in [3.8, 4) is 5.88 Å². The molecule has 10 heteroatoms. The third-order valence-corrected chi connectivity index (χ3v) is 4.00. The minimum atomic E-state index is -4.17. The molecule has 0 aliphatic heterocycles. The Kier molecular flexibility index (Phi) is 3.01. The van der Waals surface area contributed by atoms with Gasteiger partial charge in [-0.15, -0.1) is 0 Å². The van der Waals surface area contributed by atoms with Crippen LogP contribution in [-0.4, -0.2) is 34.4 Å². The Morgan fingerprint density at radius 3 is 2.76 bits per heavy atom. The summed E-state index contributed by atoms with van der Waals surface area (Å²) in [5.41, 5.74) is 5.84. The van der Waals surface area contributed by atoms with Gasteiger partial charge in [-0.2, -0.15) is 9.97 Å². The molecule has 0 bridgehead atoms. The number of imidazole rings is 1. The molecular weight excluding hydrogens is 297 g/mol. The molecule has 1 saturated carbocycles. The molecule has 0 aromatic carbocycles. The summed E-state index contributed by atoms with van der Waals surface area (Å²) in [5, 5.41) is 9.67. The summed E-state index contributed by atoms with van der Waals surface area (Å²) in [4.78, 5) is 29.5. The lowest BCUT2D eigenvalue weighted by Crippen LogP contribution is -2.09. The molecule has 3 rings (SSSR count). The fourth-order valence-electron chi connectivity index (χ4n) is 2.19. The molecule has 1 fully saturated rings. The van der Waals surface area contributed by atoms with E-state index in [0.717, 1.165) is 18.7 Å². The second-order valence-corrected chi connectivity index (χ2v) is 6.69. The van der Waals surface area contributed by atoms with Gasteiger partial charge in [0.1, 0.15) is 0 Å². The lowest BCUT2D eigenvalue weighted by Gasteiger charge is -2.11. The van der Waals surface area contributed by atoms with Crippen molar-refractivity contribution >= 4 is 24.7 Å². The van der Waals surface area contributed by atoms with Crippen molar-refractivity contribution in [1.82, 2.24) is 19.5 Å². The molecule has 0 atom stereocenters. The van der Waals surface area contributed by atoms with Gasteiger partial charge in [0.25, 0.3) is 0 Å². The van der Waals surface area contributed by atoms with Gasteiger partial charge in [-0.3, -0.25) is 4.57 Å². The van der Waals surface area contributed by atoms with Crippen LogP contribution in [-0.2, 0) is 11.1 Å². The van der Waals surface area contributed by atoms with Gasteiger partial charge in [0, 0.05) is 17.8 Å². The molecule has 112 valence electrons. The first kappa shape index (κ1) is 14.0. The van der Waals surface area contributed by atoms with E-state index in [4.69, 9.17) is 15.5 Å². The van der Waals surface area contributed by atoms with Gasteiger partial charge in [0.15, 0.2) is 11.2 Å². The van der Waals surface area contributed by atoms with E-state index in [-0.39, 0.29) is 22.8 Å². The molecule has 0 saturated heterocycles. The first-order valence-electron chi connectivity index (χ1n) is 6.21. The largest absolute Gasteiger partial charge is 0.492 e. The number of allylic oxidation sites excluding steroid dienone is 1. The maximum Gasteiger partial charge on any atom is 0.348 e. The third kappa shape index (κ3) is 2.90. The second-order valence-electron chi connectivity index (χ2n) is 5.22. The SMILES string of the molecule is Nc1nc(O)c2ncn(CC3(C=CP(=O)(O)O)CC3)c2n1. The number of anilines is 1. The molecule has 0 unspecified atom stereocenters. The number of nitrogens with two attached hydrogens (primary N) is 1. The number of hydrogen-bond acceptors (Lipinski definition) is 6. The Morgan fingerprint density at radius 1 is 1.43 bits per heavy atom. The fraction of sp³-hybridized carbons (Fsp3) is 0.364. The van der Waals surface area contributed by atoms with E-state index in [9.17, 15) is 9.67 Å². The van der Waals surface area contributed by atoms with Gasteiger partial charge in [0.2, 0.25) is 11.8 Å². The van der Waals surface area contributed by atoms with Crippen LogP contribution in [0.1, 0.15) is 12.8 Å². The molecule has 0 spiro atoms. The van der Waals surface area contributed by atoms with Crippen molar-refractivity contribution in [3.05, 3.63) is 18.2 Å². The highest BCUT2D eigenvalue weighted by atomic mass is 31.2. The molecule has 1 aliphatic carbocycles. The van der Waals surface area contributed by atoms with Crippen molar-refractivity contribution in [2.24, 2.45) is 5.41 Å². The molecule has 21 heavy (non-hydrogen) atoms. The molecule has 2 heterocycles.